The molecular weight excluding hydrogens is 240 g/mol. The second-order valence-corrected chi connectivity index (χ2v) is 4.75. The van der Waals surface area contributed by atoms with Crippen molar-refractivity contribution in [2.45, 2.75) is 32.2 Å². The predicted octanol–water partition coefficient (Wildman–Crippen LogP) is 1.78. The van der Waals surface area contributed by atoms with Crippen LogP contribution in [0.2, 0.25) is 0 Å². The Labute approximate surface area is 114 Å². The first-order chi connectivity index (χ1) is 9.29. The minimum absolute atomic E-state index is 0.500. The van der Waals surface area contributed by atoms with Gasteiger partial charge in [0, 0.05) is 19.2 Å². The Bertz CT molecular complexity index is 425. The van der Waals surface area contributed by atoms with E-state index in [0.29, 0.717) is 18.4 Å². The number of hydrogen-bond donors (Lipinski definition) is 1. The average molecular weight is 262 g/mol. The van der Waals surface area contributed by atoms with E-state index in [9.17, 15) is 0 Å². The molecule has 0 radical (unpaired) electrons. The van der Waals surface area contributed by atoms with Gasteiger partial charge in [0.15, 0.2) is 5.96 Å². The van der Waals surface area contributed by atoms with Gasteiger partial charge in [-0.1, -0.05) is 18.9 Å². The molecule has 19 heavy (non-hydrogen) atoms. The van der Waals surface area contributed by atoms with Crippen LogP contribution in [0.25, 0.3) is 0 Å². The van der Waals surface area contributed by atoms with Gasteiger partial charge in [-0.05, 0) is 18.9 Å². The van der Waals surface area contributed by atoms with E-state index in [1.807, 2.05) is 18.2 Å². The van der Waals surface area contributed by atoms with Gasteiger partial charge < -0.3 is 15.4 Å². The van der Waals surface area contributed by atoms with Gasteiger partial charge in [-0.3, -0.25) is 0 Å². The Balaban J connectivity index is 1.96. The van der Waals surface area contributed by atoms with Gasteiger partial charge >= 0.3 is 0 Å². The maximum absolute atomic E-state index is 6.05. The first-order valence-electron chi connectivity index (χ1n) is 6.84. The van der Waals surface area contributed by atoms with Crippen molar-refractivity contribution in [2.24, 2.45) is 10.7 Å². The van der Waals surface area contributed by atoms with Gasteiger partial charge in [-0.15, -0.1) is 0 Å². The maximum atomic E-state index is 6.05. The smallest absolute Gasteiger partial charge is 0.213 e. The fraction of sp³-hybridized carbons (Fsp3) is 0.571. The molecule has 0 amide bonds. The highest BCUT2D eigenvalue weighted by Gasteiger charge is 2.10. The number of methoxy groups -OCH3 is 1. The number of ether oxygens (including phenoxy) is 1. The molecule has 1 aromatic rings. The zero-order valence-electron chi connectivity index (χ0n) is 11.5. The lowest BCUT2D eigenvalue weighted by Crippen LogP contribution is -2.38. The molecule has 0 bridgehead atoms. The van der Waals surface area contributed by atoms with Crippen molar-refractivity contribution in [1.29, 1.82) is 0 Å². The minimum Gasteiger partial charge on any atom is -0.481 e. The summed E-state index contributed by atoms with van der Waals surface area (Å²) in [7, 11) is 1.61. The molecule has 1 aliphatic rings. The molecule has 2 rings (SSSR count). The standard InChI is InChI=1S/C14H22N4O/c1-19-13-8-6-7-12(17-13)11-16-14(15)18-9-4-2-3-5-10-18/h6-8H,2-5,9-11H2,1H3,(H2,15,16). The molecule has 0 saturated carbocycles. The summed E-state index contributed by atoms with van der Waals surface area (Å²) in [5, 5.41) is 0. The summed E-state index contributed by atoms with van der Waals surface area (Å²) in [4.78, 5) is 10.9. The van der Waals surface area contributed by atoms with Gasteiger partial charge in [-0.2, -0.15) is 0 Å². The Hall–Kier alpha value is -1.78. The Kier molecular flexibility index (Phi) is 5.01. The monoisotopic (exact) mass is 262 g/mol. The average Bonchev–Trinajstić information content (AvgIpc) is 2.74. The molecule has 0 unspecified atom stereocenters. The number of guanidine groups is 1. The van der Waals surface area contributed by atoms with E-state index in [4.69, 9.17) is 10.5 Å². The van der Waals surface area contributed by atoms with Crippen LogP contribution in [-0.4, -0.2) is 36.0 Å². The lowest BCUT2D eigenvalue weighted by molar-refractivity contribution is 0.396. The third-order valence-corrected chi connectivity index (χ3v) is 3.32. The summed E-state index contributed by atoms with van der Waals surface area (Å²) in [6.07, 6.45) is 4.99. The highest BCUT2D eigenvalue weighted by atomic mass is 16.5. The van der Waals surface area contributed by atoms with Crippen molar-refractivity contribution in [2.75, 3.05) is 20.2 Å². The molecule has 5 nitrogen and oxygen atoms in total. The van der Waals surface area contributed by atoms with Crippen LogP contribution in [0.1, 0.15) is 31.4 Å². The van der Waals surface area contributed by atoms with Crippen LogP contribution < -0.4 is 10.5 Å². The molecule has 1 saturated heterocycles. The molecule has 1 aromatic heterocycles. The second kappa shape index (κ2) is 6.97. The zero-order chi connectivity index (χ0) is 13.5. The summed E-state index contributed by atoms with van der Waals surface area (Å²) in [6, 6.07) is 5.67. The highest BCUT2D eigenvalue weighted by Crippen LogP contribution is 2.10. The molecule has 2 heterocycles. The molecule has 2 N–H and O–H groups in total. The summed E-state index contributed by atoms with van der Waals surface area (Å²) in [5.41, 5.74) is 6.93. The van der Waals surface area contributed by atoms with Crippen LogP contribution in [-0.2, 0) is 6.54 Å². The summed E-state index contributed by atoms with van der Waals surface area (Å²) in [5.74, 6) is 1.24. The van der Waals surface area contributed by atoms with E-state index < -0.39 is 0 Å². The van der Waals surface area contributed by atoms with Crippen molar-refractivity contribution in [3.05, 3.63) is 23.9 Å². The van der Waals surface area contributed by atoms with Crippen LogP contribution in [0.5, 0.6) is 5.88 Å². The minimum atomic E-state index is 0.500. The van der Waals surface area contributed by atoms with E-state index in [-0.39, 0.29) is 0 Å². The SMILES string of the molecule is COc1cccc(CN=C(N)N2CCCCCC2)n1. The number of nitrogens with zero attached hydrogens (tertiary/aromatic N) is 3. The molecule has 0 aliphatic carbocycles. The zero-order valence-corrected chi connectivity index (χ0v) is 11.5. The van der Waals surface area contributed by atoms with E-state index in [2.05, 4.69) is 14.9 Å². The molecule has 5 heteroatoms. The van der Waals surface area contributed by atoms with Gasteiger partial charge in [0.25, 0.3) is 0 Å². The van der Waals surface area contributed by atoms with Crippen LogP contribution in [0.4, 0.5) is 0 Å². The molecule has 1 fully saturated rings. The molecule has 0 spiro atoms. The van der Waals surface area contributed by atoms with Crippen LogP contribution in [0.15, 0.2) is 23.2 Å². The number of aliphatic imine (C=N–C) groups is 1. The fourth-order valence-electron chi connectivity index (χ4n) is 2.22. The van der Waals surface area contributed by atoms with Gasteiger partial charge in [0.2, 0.25) is 5.88 Å². The van der Waals surface area contributed by atoms with Crippen molar-refractivity contribution >= 4 is 5.96 Å². The first kappa shape index (κ1) is 13.6. The lowest BCUT2D eigenvalue weighted by atomic mass is 10.2. The Morgan fingerprint density at radius 3 is 2.74 bits per heavy atom. The lowest BCUT2D eigenvalue weighted by Gasteiger charge is -2.21. The first-order valence-corrected chi connectivity index (χ1v) is 6.84. The van der Waals surface area contributed by atoms with Crippen LogP contribution in [0.3, 0.4) is 0 Å². The van der Waals surface area contributed by atoms with Crippen molar-refractivity contribution in [3.63, 3.8) is 0 Å². The van der Waals surface area contributed by atoms with Crippen molar-refractivity contribution < 1.29 is 4.74 Å². The highest BCUT2D eigenvalue weighted by molar-refractivity contribution is 5.78. The van der Waals surface area contributed by atoms with Crippen LogP contribution in [0, 0.1) is 0 Å². The molecule has 0 aromatic carbocycles. The van der Waals surface area contributed by atoms with E-state index >= 15 is 0 Å². The third kappa shape index (κ3) is 4.12. The normalized spacial score (nSPS) is 17.1. The van der Waals surface area contributed by atoms with Gasteiger partial charge in [0.05, 0.1) is 19.3 Å². The van der Waals surface area contributed by atoms with Crippen LogP contribution >= 0.6 is 0 Å². The number of rotatable bonds is 3. The maximum Gasteiger partial charge on any atom is 0.213 e. The van der Waals surface area contributed by atoms with Gasteiger partial charge in [0.1, 0.15) is 0 Å². The van der Waals surface area contributed by atoms with E-state index in [1.165, 1.54) is 25.7 Å². The number of pyridine rings is 1. The molecule has 0 atom stereocenters. The van der Waals surface area contributed by atoms with E-state index in [0.717, 1.165) is 18.8 Å². The largest absolute Gasteiger partial charge is 0.481 e. The fourth-order valence-corrected chi connectivity index (χ4v) is 2.22. The topological polar surface area (TPSA) is 63.7 Å². The predicted molar refractivity (Wildman–Crippen MR) is 76.2 cm³/mol. The summed E-state index contributed by atoms with van der Waals surface area (Å²) < 4.78 is 5.09. The van der Waals surface area contributed by atoms with E-state index in [1.54, 1.807) is 7.11 Å². The Morgan fingerprint density at radius 1 is 1.32 bits per heavy atom. The molecule has 1 aliphatic heterocycles. The summed E-state index contributed by atoms with van der Waals surface area (Å²) in [6.45, 7) is 2.53. The third-order valence-electron chi connectivity index (χ3n) is 3.32. The summed E-state index contributed by atoms with van der Waals surface area (Å²) >= 11 is 0. The van der Waals surface area contributed by atoms with Gasteiger partial charge in [-0.25, -0.2) is 9.98 Å². The Morgan fingerprint density at radius 2 is 2.05 bits per heavy atom. The van der Waals surface area contributed by atoms with Crippen molar-refractivity contribution in [1.82, 2.24) is 9.88 Å². The quantitative estimate of drug-likeness (QED) is 0.666. The van der Waals surface area contributed by atoms with Crippen molar-refractivity contribution in [3.8, 4) is 5.88 Å². The number of hydrogen-bond acceptors (Lipinski definition) is 3. The molecular formula is C14H22N4O. The second-order valence-electron chi connectivity index (χ2n) is 4.75. The number of likely N-dealkylation sites (tertiary alicyclic amines) is 1. The number of nitrogens with two attached hydrogens (primary N) is 1. The number of aromatic nitrogens is 1. The molecule has 104 valence electrons.